The quantitative estimate of drug-likeness (QED) is 0.287. The Bertz CT molecular complexity index is 1850. The Morgan fingerprint density at radius 1 is 0.714 bits per heavy atom. The number of aryl methyl sites for hydroxylation is 1. The molecular formula is C33H32N4O4S. The number of carbonyl (C=O) groups is 1. The molecule has 0 aliphatic carbocycles. The van der Waals surface area contributed by atoms with Crippen LogP contribution in [0.1, 0.15) is 22.7 Å². The fourth-order valence-corrected chi connectivity index (χ4v) is 7.50. The van der Waals surface area contributed by atoms with Crippen molar-refractivity contribution in [2.24, 2.45) is 0 Å². The number of fused-ring (bicyclic) bond motifs is 1. The topological polar surface area (TPSA) is 84.6 Å². The minimum Gasteiger partial charge on any atom is -0.339 e. The average molecular weight is 581 g/mol. The number of aromatic nitrogens is 2. The molecule has 42 heavy (non-hydrogen) atoms. The number of hydrogen-bond acceptors (Lipinski definition) is 5. The van der Waals surface area contributed by atoms with Gasteiger partial charge in [0.05, 0.1) is 22.0 Å². The van der Waals surface area contributed by atoms with Crippen LogP contribution in [-0.4, -0.2) is 58.8 Å². The Balaban J connectivity index is 1.25. The van der Waals surface area contributed by atoms with E-state index in [9.17, 15) is 18.0 Å². The molecule has 214 valence electrons. The summed E-state index contributed by atoms with van der Waals surface area (Å²) in [4.78, 5) is 31.4. The van der Waals surface area contributed by atoms with Crippen molar-refractivity contribution < 1.29 is 13.2 Å². The van der Waals surface area contributed by atoms with Gasteiger partial charge in [0.1, 0.15) is 6.54 Å². The molecule has 1 aliphatic rings. The van der Waals surface area contributed by atoms with Crippen molar-refractivity contribution in [1.29, 1.82) is 0 Å². The predicted molar refractivity (Wildman–Crippen MR) is 163 cm³/mol. The van der Waals surface area contributed by atoms with Gasteiger partial charge in [0.25, 0.3) is 10.0 Å². The molecule has 0 spiro atoms. The second kappa shape index (κ2) is 11.4. The SMILES string of the molecule is Cc1ccccc1S(=O)(=O)n1c(=O)n(CC(=O)N2CCN(C(c3ccccc3)c3ccccc3)CC2)c2ccccc21. The number of carbonyl (C=O) groups excluding carboxylic acids is 1. The van der Waals surface area contributed by atoms with Gasteiger partial charge >= 0.3 is 5.69 Å². The van der Waals surface area contributed by atoms with Crippen LogP contribution < -0.4 is 5.69 Å². The van der Waals surface area contributed by atoms with Crippen LogP contribution in [0.5, 0.6) is 0 Å². The molecule has 0 N–H and O–H groups in total. The first kappa shape index (κ1) is 27.7. The number of piperazine rings is 1. The summed E-state index contributed by atoms with van der Waals surface area (Å²) < 4.78 is 29.4. The van der Waals surface area contributed by atoms with E-state index in [2.05, 4.69) is 29.2 Å². The van der Waals surface area contributed by atoms with Gasteiger partial charge in [-0.3, -0.25) is 14.3 Å². The van der Waals surface area contributed by atoms with Crippen LogP contribution in [0.2, 0.25) is 0 Å². The number of para-hydroxylation sites is 2. The van der Waals surface area contributed by atoms with Crippen molar-refractivity contribution in [3.63, 3.8) is 0 Å². The molecule has 2 heterocycles. The maximum Gasteiger partial charge on any atom is 0.343 e. The highest BCUT2D eigenvalue weighted by atomic mass is 32.2. The Labute approximate surface area is 245 Å². The van der Waals surface area contributed by atoms with E-state index >= 15 is 0 Å². The van der Waals surface area contributed by atoms with Gasteiger partial charge in [-0.15, -0.1) is 0 Å². The van der Waals surface area contributed by atoms with Gasteiger partial charge in [-0.1, -0.05) is 91.0 Å². The molecular weight excluding hydrogens is 548 g/mol. The van der Waals surface area contributed by atoms with E-state index in [0.717, 1.165) is 3.97 Å². The molecule has 1 aromatic heterocycles. The Morgan fingerprint density at radius 2 is 1.24 bits per heavy atom. The third-order valence-corrected chi connectivity index (χ3v) is 9.81. The number of hydrogen-bond donors (Lipinski definition) is 0. The normalized spacial score (nSPS) is 14.5. The molecule has 8 nitrogen and oxygen atoms in total. The second-order valence-electron chi connectivity index (χ2n) is 10.5. The Hall–Kier alpha value is -4.47. The molecule has 1 aliphatic heterocycles. The Morgan fingerprint density at radius 3 is 1.83 bits per heavy atom. The van der Waals surface area contributed by atoms with E-state index in [1.54, 1.807) is 54.3 Å². The molecule has 4 aromatic carbocycles. The van der Waals surface area contributed by atoms with Crippen LogP contribution in [0, 0.1) is 6.92 Å². The summed E-state index contributed by atoms with van der Waals surface area (Å²) in [6.07, 6.45) is 0. The molecule has 6 rings (SSSR count). The minimum absolute atomic E-state index is 0.0591. The number of nitrogens with zero attached hydrogens (tertiary/aromatic N) is 4. The monoisotopic (exact) mass is 580 g/mol. The van der Waals surface area contributed by atoms with E-state index in [1.165, 1.54) is 21.8 Å². The highest BCUT2D eigenvalue weighted by Gasteiger charge is 2.30. The first-order chi connectivity index (χ1) is 20.4. The Kier molecular flexibility index (Phi) is 7.53. The van der Waals surface area contributed by atoms with Gasteiger partial charge < -0.3 is 4.90 Å². The summed E-state index contributed by atoms with van der Waals surface area (Å²) in [5, 5.41) is 0. The summed E-state index contributed by atoms with van der Waals surface area (Å²) in [7, 11) is -4.18. The van der Waals surface area contributed by atoms with Crippen LogP contribution in [-0.2, 0) is 21.4 Å². The number of rotatable bonds is 7. The molecule has 1 fully saturated rings. The number of amides is 1. The van der Waals surface area contributed by atoms with Crippen LogP contribution in [0.25, 0.3) is 11.0 Å². The van der Waals surface area contributed by atoms with Crippen molar-refractivity contribution in [3.8, 4) is 0 Å². The largest absolute Gasteiger partial charge is 0.343 e. The van der Waals surface area contributed by atoms with E-state index in [0.29, 0.717) is 37.3 Å². The second-order valence-corrected chi connectivity index (χ2v) is 12.3. The lowest BCUT2D eigenvalue weighted by Crippen LogP contribution is -2.51. The molecule has 0 unspecified atom stereocenters. The van der Waals surface area contributed by atoms with Crippen LogP contribution in [0.4, 0.5) is 0 Å². The fourth-order valence-electron chi connectivity index (χ4n) is 5.86. The zero-order valence-electron chi connectivity index (χ0n) is 23.3. The lowest BCUT2D eigenvalue weighted by molar-refractivity contribution is -0.133. The van der Waals surface area contributed by atoms with Gasteiger partial charge in [0.15, 0.2) is 0 Å². The van der Waals surface area contributed by atoms with E-state index in [1.807, 2.05) is 36.4 Å². The highest BCUT2D eigenvalue weighted by Crippen LogP contribution is 2.29. The first-order valence-electron chi connectivity index (χ1n) is 14.0. The summed E-state index contributed by atoms with van der Waals surface area (Å²) in [6.45, 7) is 3.79. The zero-order chi connectivity index (χ0) is 29.3. The third kappa shape index (κ3) is 5.06. The number of imidazole rings is 1. The van der Waals surface area contributed by atoms with Gasteiger partial charge in [0, 0.05) is 26.2 Å². The van der Waals surface area contributed by atoms with Gasteiger partial charge in [-0.2, -0.15) is 3.97 Å². The van der Waals surface area contributed by atoms with Crippen molar-refractivity contribution in [1.82, 2.24) is 18.3 Å². The van der Waals surface area contributed by atoms with Gasteiger partial charge in [-0.05, 0) is 41.8 Å². The van der Waals surface area contributed by atoms with E-state index in [4.69, 9.17) is 0 Å². The molecule has 1 amide bonds. The average Bonchev–Trinajstić information content (AvgIpc) is 3.30. The van der Waals surface area contributed by atoms with Crippen LogP contribution in [0.15, 0.2) is 119 Å². The highest BCUT2D eigenvalue weighted by molar-refractivity contribution is 7.90. The molecule has 0 bridgehead atoms. The predicted octanol–water partition coefficient (Wildman–Crippen LogP) is 4.28. The molecule has 9 heteroatoms. The molecule has 0 radical (unpaired) electrons. The molecule has 1 saturated heterocycles. The van der Waals surface area contributed by atoms with Crippen molar-refractivity contribution in [3.05, 3.63) is 136 Å². The standard InChI is InChI=1S/C33H32N4O4S/c1-25-12-8-11-19-30(25)42(40,41)37-29-18-10-9-17-28(29)36(33(37)39)24-31(38)34-20-22-35(23-21-34)32(26-13-4-2-5-14-26)27-15-6-3-7-16-27/h2-19,32H,20-24H2,1H3. The maximum absolute atomic E-state index is 13.7. The molecule has 0 saturated carbocycles. The van der Waals surface area contributed by atoms with E-state index in [-0.39, 0.29) is 28.9 Å². The van der Waals surface area contributed by atoms with Crippen molar-refractivity contribution >= 4 is 27.0 Å². The lowest BCUT2D eigenvalue weighted by atomic mass is 9.96. The summed E-state index contributed by atoms with van der Waals surface area (Å²) in [5.41, 5.74) is 2.83. The third-order valence-electron chi connectivity index (χ3n) is 7.96. The lowest BCUT2D eigenvalue weighted by Gasteiger charge is -2.39. The van der Waals surface area contributed by atoms with Gasteiger partial charge in [0.2, 0.25) is 5.91 Å². The minimum atomic E-state index is -4.18. The first-order valence-corrected chi connectivity index (χ1v) is 15.4. The van der Waals surface area contributed by atoms with Crippen LogP contribution >= 0.6 is 0 Å². The van der Waals surface area contributed by atoms with E-state index < -0.39 is 15.7 Å². The van der Waals surface area contributed by atoms with Crippen molar-refractivity contribution in [2.45, 2.75) is 24.4 Å². The summed E-state index contributed by atoms with van der Waals surface area (Å²) >= 11 is 0. The number of benzene rings is 4. The summed E-state index contributed by atoms with van der Waals surface area (Å²) in [6, 6.07) is 34.0. The summed E-state index contributed by atoms with van der Waals surface area (Å²) in [5.74, 6) is -0.219. The zero-order valence-corrected chi connectivity index (χ0v) is 24.2. The fraction of sp³-hybridized carbons (Fsp3) is 0.212. The van der Waals surface area contributed by atoms with Gasteiger partial charge in [-0.25, -0.2) is 13.2 Å². The molecule has 5 aromatic rings. The van der Waals surface area contributed by atoms with Crippen LogP contribution in [0.3, 0.4) is 0 Å². The molecule has 0 atom stereocenters. The van der Waals surface area contributed by atoms with Crippen molar-refractivity contribution in [2.75, 3.05) is 26.2 Å². The maximum atomic E-state index is 13.7. The smallest absolute Gasteiger partial charge is 0.339 e.